The van der Waals surface area contributed by atoms with Gasteiger partial charge >= 0.3 is 5.97 Å². The van der Waals surface area contributed by atoms with E-state index in [9.17, 15) is 9.90 Å². The molecule has 5 heteroatoms. The summed E-state index contributed by atoms with van der Waals surface area (Å²) in [7, 11) is 0. The number of carboxylic acids is 1. The van der Waals surface area contributed by atoms with Crippen LogP contribution in [0.4, 0.5) is 0 Å². The Labute approximate surface area is 107 Å². The minimum absolute atomic E-state index is 0.375. The van der Waals surface area contributed by atoms with Gasteiger partial charge in [-0.3, -0.25) is 9.69 Å². The molecule has 1 aromatic rings. The molecular formula is C13H19N3O2. The van der Waals surface area contributed by atoms with Crippen molar-refractivity contribution in [3.63, 3.8) is 0 Å². The summed E-state index contributed by atoms with van der Waals surface area (Å²) in [4.78, 5) is 21.4. The second-order valence-electron chi connectivity index (χ2n) is 4.73. The van der Waals surface area contributed by atoms with Crippen molar-refractivity contribution in [3.8, 4) is 0 Å². The van der Waals surface area contributed by atoms with Crippen LogP contribution in [-0.4, -0.2) is 38.5 Å². The molecule has 1 saturated heterocycles. The Morgan fingerprint density at radius 2 is 2.22 bits per heavy atom. The molecule has 1 fully saturated rings. The van der Waals surface area contributed by atoms with Gasteiger partial charge < -0.3 is 5.11 Å². The Balaban J connectivity index is 2.07. The first-order valence-corrected chi connectivity index (χ1v) is 6.49. The number of hydrogen-bond acceptors (Lipinski definition) is 4. The van der Waals surface area contributed by atoms with Gasteiger partial charge in [-0.1, -0.05) is 19.3 Å². The fourth-order valence-corrected chi connectivity index (χ4v) is 2.43. The van der Waals surface area contributed by atoms with E-state index in [4.69, 9.17) is 0 Å². The van der Waals surface area contributed by atoms with Crippen LogP contribution in [0, 0.1) is 0 Å². The van der Waals surface area contributed by atoms with Crippen LogP contribution >= 0.6 is 0 Å². The van der Waals surface area contributed by atoms with Gasteiger partial charge in [0.05, 0.1) is 5.69 Å². The van der Waals surface area contributed by atoms with Crippen molar-refractivity contribution in [1.29, 1.82) is 0 Å². The third-order valence-electron chi connectivity index (χ3n) is 3.41. The highest BCUT2D eigenvalue weighted by Crippen LogP contribution is 2.18. The molecule has 0 aliphatic carbocycles. The Kier molecular flexibility index (Phi) is 4.64. The van der Waals surface area contributed by atoms with Gasteiger partial charge in [0.25, 0.3) is 0 Å². The second-order valence-corrected chi connectivity index (χ2v) is 4.73. The molecule has 5 nitrogen and oxygen atoms in total. The zero-order valence-corrected chi connectivity index (χ0v) is 10.5. The van der Waals surface area contributed by atoms with Crippen LogP contribution in [0.25, 0.3) is 0 Å². The molecule has 0 spiro atoms. The monoisotopic (exact) mass is 249 g/mol. The summed E-state index contributed by atoms with van der Waals surface area (Å²) in [6.07, 6.45) is 8.33. The van der Waals surface area contributed by atoms with Gasteiger partial charge in [0.1, 0.15) is 12.4 Å². The lowest BCUT2D eigenvalue weighted by Crippen LogP contribution is -2.42. The predicted octanol–water partition coefficient (Wildman–Crippen LogP) is 1.70. The van der Waals surface area contributed by atoms with Gasteiger partial charge in [0, 0.05) is 12.7 Å². The lowest BCUT2D eigenvalue weighted by molar-refractivity contribution is -0.144. The number of aromatic nitrogens is 2. The van der Waals surface area contributed by atoms with E-state index < -0.39 is 5.97 Å². The normalized spacial score (nSPS) is 22.1. The smallest absolute Gasteiger partial charge is 0.320 e. The molecule has 1 aromatic heterocycles. The highest BCUT2D eigenvalue weighted by atomic mass is 16.4. The standard InChI is InChI=1S/C13H19N3O2/c17-13(18)12-5-3-1-2-4-8-16(12)9-11-6-7-14-10-15-11/h6-7,10,12H,1-5,8-9H2,(H,17,18). The molecule has 2 heterocycles. The van der Waals surface area contributed by atoms with Gasteiger partial charge in [-0.25, -0.2) is 9.97 Å². The van der Waals surface area contributed by atoms with E-state index in [1.807, 2.05) is 11.0 Å². The molecule has 0 saturated carbocycles. The van der Waals surface area contributed by atoms with E-state index >= 15 is 0 Å². The maximum Gasteiger partial charge on any atom is 0.320 e. The first-order valence-electron chi connectivity index (χ1n) is 6.49. The summed E-state index contributed by atoms with van der Waals surface area (Å²) >= 11 is 0. The Morgan fingerprint density at radius 3 is 2.94 bits per heavy atom. The quantitative estimate of drug-likeness (QED) is 0.883. The molecule has 0 radical (unpaired) electrons. The van der Waals surface area contributed by atoms with Gasteiger partial charge in [-0.15, -0.1) is 0 Å². The maximum atomic E-state index is 11.3. The third-order valence-corrected chi connectivity index (χ3v) is 3.41. The number of hydrogen-bond donors (Lipinski definition) is 1. The van der Waals surface area contributed by atoms with Crippen LogP contribution in [-0.2, 0) is 11.3 Å². The number of likely N-dealkylation sites (tertiary alicyclic amines) is 1. The largest absolute Gasteiger partial charge is 0.480 e. The van der Waals surface area contributed by atoms with Crippen LogP contribution in [0.5, 0.6) is 0 Å². The van der Waals surface area contributed by atoms with E-state index in [0.717, 1.165) is 37.9 Å². The van der Waals surface area contributed by atoms with Gasteiger partial charge in [0.15, 0.2) is 0 Å². The Morgan fingerprint density at radius 1 is 1.39 bits per heavy atom. The molecule has 0 amide bonds. The zero-order chi connectivity index (χ0) is 12.8. The second kappa shape index (κ2) is 6.44. The van der Waals surface area contributed by atoms with Gasteiger partial charge in [-0.2, -0.15) is 0 Å². The number of aliphatic carboxylic acids is 1. The summed E-state index contributed by atoms with van der Waals surface area (Å²) < 4.78 is 0. The lowest BCUT2D eigenvalue weighted by Gasteiger charge is -2.30. The molecule has 1 aliphatic rings. The van der Waals surface area contributed by atoms with Crippen LogP contribution in [0.1, 0.15) is 37.8 Å². The van der Waals surface area contributed by atoms with Gasteiger partial charge in [0.2, 0.25) is 0 Å². The molecule has 0 bridgehead atoms. The average molecular weight is 249 g/mol. The van der Waals surface area contributed by atoms with Crippen LogP contribution in [0.15, 0.2) is 18.6 Å². The van der Waals surface area contributed by atoms with Crippen LogP contribution in [0.2, 0.25) is 0 Å². The van der Waals surface area contributed by atoms with Crippen molar-refractivity contribution in [2.24, 2.45) is 0 Å². The first-order chi connectivity index (χ1) is 8.77. The summed E-state index contributed by atoms with van der Waals surface area (Å²) in [5, 5.41) is 9.33. The first kappa shape index (κ1) is 13.0. The molecule has 18 heavy (non-hydrogen) atoms. The summed E-state index contributed by atoms with van der Waals surface area (Å²) in [6, 6.07) is 1.47. The van der Waals surface area contributed by atoms with E-state index in [-0.39, 0.29) is 6.04 Å². The Hall–Kier alpha value is -1.49. The molecule has 1 atom stereocenters. The van der Waals surface area contributed by atoms with Crippen molar-refractivity contribution in [3.05, 3.63) is 24.3 Å². The highest BCUT2D eigenvalue weighted by Gasteiger charge is 2.26. The molecule has 1 N–H and O–H groups in total. The molecule has 98 valence electrons. The molecule has 1 unspecified atom stereocenters. The molecule has 1 aliphatic heterocycles. The summed E-state index contributed by atoms with van der Waals surface area (Å²) in [5.74, 6) is -0.717. The minimum atomic E-state index is -0.717. The zero-order valence-electron chi connectivity index (χ0n) is 10.5. The minimum Gasteiger partial charge on any atom is -0.480 e. The lowest BCUT2D eigenvalue weighted by atomic mass is 10.0. The topological polar surface area (TPSA) is 66.3 Å². The van der Waals surface area contributed by atoms with Gasteiger partial charge in [-0.05, 0) is 25.5 Å². The van der Waals surface area contributed by atoms with Crippen molar-refractivity contribution in [2.75, 3.05) is 6.54 Å². The Bertz CT molecular complexity index is 383. The maximum absolute atomic E-state index is 11.3. The summed E-state index contributed by atoms with van der Waals surface area (Å²) in [5.41, 5.74) is 0.886. The van der Waals surface area contributed by atoms with Crippen LogP contribution < -0.4 is 0 Å². The SMILES string of the molecule is O=C(O)C1CCCCCCN1Cc1ccncn1. The predicted molar refractivity (Wildman–Crippen MR) is 67.0 cm³/mol. The molecule has 2 rings (SSSR count). The average Bonchev–Trinajstić information content (AvgIpc) is 2.33. The number of carboxylic acid groups (broad SMARTS) is 1. The highest BCUT2D eigenvalue weighted by molar-refractivity contribution is 5.73. The molecule has 0 aromatic carbocycles. The number of rotatable bonds is 3. The number of carbonyl (C=O) groups is 1. The fraction of sp³-hybridized carbons (Fsp3) is 0.615. The van der Waals surface area contributed by atoms with Crippen molar-refractivity contribution < 1.29 is 9.90 Å². The molecular weight excluding hydrogens is 230 g/mol. The van der Waals surface area contributed by atoms with E-state index in [2.05, 4.69) is 9.97 Å². The van der Waals surface area contributed by atoms with Crippen LogP contribution in [0.3, 0.4) is 0 Å². The van der Waals surface area contributed by atoms with E-state index in [1.165, 1.54) is 12.7 Å². The van der Waals surface area contributed by atoms with Crippen molar-refractivity contribution >= 4 is 5.97 Å². The fourth-order valence-electron chi connectivity index (χ4n) is 2.43. The van der Waals surface area contributed by atoms with Crippen molar-refractivity contribution in [2.45, 2.75) is 44.7 Å². The third kappa shape index (κ3) is 3.50. The van der Waals surface area contributed by atoms with E-state index in [1.54, 1.807) is 6.20 Å². The summed E-state index contributed by atoms with van der Waals surface area (Å²) in [6.45, 7) is 1.43. The van der Waals surface area contributed by atoms with E-state index in [0.29, 0.717) is 6.54 Å². The van der Waals surface area contributed by atoms with Crippen molar-refractivity contribution in [1.82, 2.24) is 14.9 Å². The number of nitrogens with zero attached hydrogens (tertiary/aromatic N) is 3.